The van der Waals surface area contributed by atoms with Gasteiger partial charge in [0, 0.05) is 16.6 Å². The van der Waals surface area contributed by atoms with E-state index in [1.807, 2.05) is 25.1 Å². The molecule has 1 aromatic carbocycles. The zero-order chi connectivity index (χ0) is 9.42. The van der Waals surface area contributed by atoms with Gasteiger partial charge >= 0.3 is 0 Å². The number of anilines is 1. The highest BCUT2D eigenvalue weighted by Crippen LogP contribution is 2.25. The van der Waals surface area contributed by atoms with Gasteiger partial charge < -0.3 is 5.73 Å². The standard InChI is InChI=1S/C10H9ClN2/c1-6-4-7-2-3-13-10(12)8(7)5-9(6)11/h2-5H,1H3,(H2,12,13). The van der Waals surface area contributed by atoms with Crippen LogP contribution in [0.4, 0.5) is 5.82 Å². The van der Waals surface area contributed by atoms with Gasteiger partial charge in [-0.15, -0.1) is 0 Å². The van der Waals surface area contributed by atoms with Gasteiger partial charge in [-0.3, -0.25) is 0 Å². The summed E-state index contributed by atoms with van der Waals surface area (Å²) >= 11 is 5.98. The number of halogens is 1. The molecule has 66 valence electrons. The van der Waals surface area contributed by atoms with E-state index in [1.54, 1.807) is 6.20 Å². The summed E-state index contributed by atoms with van der Waals surface area (Å²) in [7, 11) is 0. The average molecular weight is 193 g/mol. The van der Waals surface area contributed by atoms with Crippen molar-refractivity contribution in [2.75, 3.05) is 5.73 Å². The van der Waals surface area contributed by atoms with Crippen LogP contribution >= 0.6 is 11.6 Å². The molecule has 1 heterocycles. The molecule has 1 aromatic heterocycles. The fourth-order valence-electron chi connectivity index (χ4n) is 1.33. The lowest BCUT2D eigenvalue weighted by molar-refractivity contribution is 1.36. The fourth-order valence-corrected chi connectivity index (χ4v) is 1.49. The number of benzene rings is 1. The van der Waals surface area contributed by atoms with Gasteiger partial charge in [-0.25, -0.2) is 4.98 Å². The first kappa shape index (κ1) is 8.32. The third-order valence-corrected chi connectivity index (χ3v) is 2.48. The van der Waals surface area contributed by atoms with Crippen LogP contribution in [-0.2, 0) is 0 Å². The lowest BCUT2D eigenvalue weighted by Crippen LogP contribution is -1.91. The minimum atomic E-state index is 0.527. The Balaban J connectivity index is 2.89. The second-order valence-corrected chi connectivity index (χ2v) is 3.43. The summed E-state index contributed by atoms with van der Waals surface area (Å²) in [6.45, 7) is 1.97. The molecular formula is C10H9ClN2. The number of pyridine rings is 1. The molecule has 0 aliphatic heterocycles. The van der Waals surface area contributed by atoms with Gasteiger partial charge in [-0.2, -0.15) is 0 Å². The summed E-state index contributed by atoms with van der Waals surface area (Å²) in [5, 5.41) is 2.72. The lowest BCUT2D eigenvalue weighted by atomic mass is 10.1. The van der Waals surface area contributed by atoms with Gasteiger partial charge in [0.25, 0.3) is 0 Å². The quantitative estimate of drug-likeness (QED) is 0.697. The topological polar surface area (TPSA) is 38.9 Å². The molecule has 0 radical (unpaired) electrons. The third kappa shape index (κ3) is 1.33. The van der Waals surface area contributed by atoms with Gasteiger partial charge in [0.05, 0.1) is 0 Å². The van der Waals surface area contributed by atoms with Crippen LogP contribution in [-0.4, -0.2) is 4.98 Å². The van der Waals surface area contributed by atoms with Crippen molar-refractivity contribution in [2.24, 2.45) is 0 Å². The smallest absolute Gasteiger partial charge is 0.131 e. The van der Waals surface area contributed by atoms with Crippen molar-refractivity contribution in [1.82, 2.24) is 4.98 Å². The first-order valence-corrected chi connectivity index (χ1v) is 4.36. The number of aromatic nitrogens is 1. The summed E-state index contributed by atoms with van der Waals surface area (Å²) < 4.78 is 0. The first-order valence-electron chi connectivity index (χ1n) is 3.99. The minimum absolute atomic E-state index is 0.527. The van der Waals surface area contributed by atoms with Gasteiger partial charge in [-0.1, -0.05) is 11.6 Å². The van der Waals surface area contributed by atoms with Gasteiger partial charge in [0.1, 0.15) is 5.82 Å². The van der Waals surface area contributed by atoms with Crippen molar-refractivity contribution in [1.29, 1.82) is 0 Å². The molecule has 0 aliphatic rings. The highest BCUT2D eigenvalue weighted by Gasteiger charge is 2.01. The van der Waals surface area contributed by atoms with Crippen LogP contribution in [0.15, 0.2) is 24.4 Å². The van der Waals surface area contributed by atoms with Crippen molar-refractivity contribution in [3.8, 4) is 0 Å². The Kier molecular flexibility index (Phi) is 1.85. The Hall–Kier alpha value is -1.28. The monoisotopic (exact) mass is 192 g/mol. The second-order valence-electron chi connectivity index (χ2n) is 3.02. The van der Waals surface area contributed by atoms with Crippen LogP contribution in [0.2, 0.25) is 5.02 Å². The molecule has 2 aromatic rings. The van der Waals surface area contributed by atoms with E-state index in [4.69, 9.17) is 17.3 Å². The Morgan fingerprint density at radius 1 is 1.38 bits per heavy atom. The van der Waals surface area contributed by atoms with Crippen molar-refractivity contribution >= 4 is 28.2 Å². The number of rotatable bonds is 0. The molecule has 0 atom stereocenters. The van der Waals surface area contributed by atoms with Crippen molar-refractivity contribution in [3.63, 3.8) is 0 Å². The molecule has 0 spiro atoms. The Labute approximate surface area is 81.3 Å². The third-order valence-electron chi connectivity index (χ3n) is 2.07. The number of hydrogen-bond donors (Lipinski definition) is 1. The number of aryl methyl sites for hydroxylation is 1. The average Bonchev–Trinajstić information content (AvgIpc) is 2.09. The largest absolute Gasteiger partial charge is 0.383 e. The summed E-state index contributed by atoms with van der Waals surface area (Å²) in [6.07, 6.45) is 1.70. The van der Waals surface area contributed by atoms with Crippen LogP contribution in [0.25, 0.3) is 10.8 Å². The van der Waals surface area contributed by atoms with E-state index in [1.165, 1.54) is 0 Å². The normalized spacial score (nSPS) is 10.6. The summed E-state index contributed by atoms with van der Waals surface area (Å²) in [4.78, 5) is 4.00. The van der Waals surface area contributed by atoms with E-state index in [0.29, 0.717) is 5.82 Å². The zero-order valence-corrected chi connectivity index (χ0v) is 7.97. The van der Waals surface area contributed by atoms with Gasteiger partial charge in [-0.05, 0) is 36.1 Å². The van der Waals surface area contributed by atoms with Crippen molar-refractivity contribution in [3.05, 3.63) is 35.0 Å². The van der Waals surface area contributed by atoms with Crippen LogP contribution in [0.3, 0.4) is 0 Å². The predicted octanol–water partition coefficient (Wildman–Crippen LogP) is 2.78. The zero-order valence-electron chi connectivity index (χ0n) is 7.21. The highest BCUT2D eigenvalue weighted by atomic mass is 35.5. The van der Waals surface area contributed by atoms with E-state index < -0.39 is 0 Å². The Bertz CT molecular complexity index is 466. The SMILES string of the molecule is Cc1cc2ccnc(N)c2cc1Cl. The summed E-state index contributed by atoms with van der Waals surface area (Å²) in [5.74, 6) is 0.527. The molecule has 0 saturated heterocycles. The van der Waals surface area contributed by atoms with E-state index in [0.717, 1.165) is 21.4 Å². The molecule has 2 N–H and O–H groups in total. The van der Waals surface area contributed by atoms with Crippen LogP contribution in [0.1, 0.15) is 5.56 Å². The molecule has 0 aliphatic carbocycles. The molecule has 0 saturated carbocycles. The highest BCUT2D eigenvalue weighted by molar-refractivity contribution is 6.32. The maximum absolute atomic E-state index is 5.98. The number of nitrogens with zero attached hydrogens (tertiary/aromatic N) is 1. The number of nitrogen functional groups attached to an aromatic ring is 1. The molecule has 3 heteroatoms. The molecule has 0 bridgehead atoms. The minimum Gasteiger partial charge on any atom is -0.383 e. The van der Waals surface area contributed by atoms with E-state index in [9.17, 15) is 0 Å². The van der Waals surface area contributed by atoms with E-state index in [-0.39, 0.29) is 0 Å². The molecule has 2 nitrogen and oxygen atoms in total. The number of fused-ring (bicyclic) bond motifs is 1. The molecule has 2 rings (SSSR count). The Morgan fingerprint density at radius 2 is 2.15 bits per heavy atom. The predicted molar refractivity (Wildman–Crippen MR) is 55.9 cm³/mol. The maximum Gasteiger partial charge on any atom is 0.131 e. The van der Waals surface area contributed by atoms with Crippen LogP contribution in [0.5, 0.6) is 0 Å². The molecule has 0 unspecified atom stereocenters. The van der Waals surface area contributed by atoms with Crippen LogP contribution in [0, 0.1) is 6.92 Å². The summed E-state index contributed by atoms with van der Waals surface area (Å²) in [6, 6.07) is 5.79. The van der Waals surface area contributed by atoms with E-state index >= 15 is 0 Å². The lowest BCUT2D eigenvalue weighted by Gasteiger charge is -2.03. The molecule has 0 fully saturated rings. The van der Waals surface area contributed by atoms with Gasteiger partial charge in [0.15, 0.2) is 0 Å². The molecular weight excluding hydrogens is 184 g/mol. The summed E-state index contributed by atoms with van der Waals surface area (Å²) in [5.41, 5.74) is 6.76. The Morgan fingerprint density at radius 3 is 2.92 bits per heavy atom. The van der Waals surface area contributed by atoms with Crippen LogP contribution < -0.4 is 5.73 Å². The van der Waals surface area contributed by atoms with Gasteiger partial charge in [0.2, 0.25) is 0 Å². The maximum atomic E-state index is 5.98. The number of nitrogens with two attached hydrogens (primary N) is 1. The first-order chi connectivity index (χ1) is 6.18. The second kappa shape index (κ2) is 2.89. The number of hydrogen-bond acceptors (Lipinski definition) is 2. The van der Waals surface area contributed by atoms with Crippen molar-refractivity contribution in [2.45, 2.75) is 6.92 Å². The molecule has 0 amide bonds. The fraction of sp³-hybridized carbons (Fsp3) is 0.100. The van der Waals surface area contributed by atoms with Crippen molar-refractivity contribution < 1.29 is 0 Å². The molecule has 13 heavy (non-hydrogen) atoms. The van der Waals surface area contributed by atoms with E-state index in [2.05, 4.69) is 4.98 Å².